The van der Waals surface area contributed by atoms with Crippen LogP contribution in [0.4, 0.5) is 39.5 Å². The molecule has 0 spiro atoms. The van der Waals surface area contributed by atoms with E-state index < -0.39 is 41.7 Å². The molecule has 10 heteroatoms. The second-order valence-corrected chi connectivity index (χ2v) is 8.58. The summed E-state index contributed by atoms with van der Waals surface area (Å²) in [6.07, 6.45) is -10.3. The maximum absolute atomic E-state index is 14.8. The molecule has 34 heavy (non-hydrogen) atoms. The van der Waals surface area contributed by atoms with Crippen LogP contribution in [0.5, 0.6) is 5.75 Å². The molecule has 1 atom stereocenters. The molecule has 0 N–H and O–H groups in total. The SMILES string of the molecule is CCCC1CCC(c2ccc(-c3cc(F)c(OC(F)(F)C(F)C(F)(F)F)c(F)c3)c(F)c2)CC1. The van der Waals surface area contributed by atoms with Crippen molar-refractivity contribution in [2.24, 2.45) is 5.92 Å². The Balaban J connectivity index is 1.81. The van der Waals surface area contributed by atoms with Gasteiger partial charge in [-0.15, -0.1) is 0 Å². The minimum absolute atomic E-state index is 0.144. The Hall–Kier alpha value is -2.39. The number of halogens is 9. The minimum atomic E-state index is -6.02. The van der Waals surface area contributed by atoms with Gasteiger partial charge in [-0.1, -0.05) is 31.9 Å². The van der Waals surface area contributed by atoms with Crippen molar-refractivity contribution in [3.05, 3.63) is 53.3 Å². The second kappa shape index (κ2) is 10.1. The molecule has 3 rings (SSSR count). The molecular formula is C24H23F9O. The predicted octanol–water partition coefficient (Wildman–Crippen LogP) is 8.72. The number of hydrogen-bond donors (Lipinski definition) is 0. The van der Waals surface area contributed by atoms with E-state index in [0.29, 0.717) is 18.1 Å². The molecule has 0 heterocycles. The first-order valence-corrected chi connectivity index (χ1v) is 10.9. The summed E-state index contributed by atoms with van der Waals surface area (Å²) in [5.74, 6) is -5.57. The fraction of sp³-hybridized carbons (Fsp3) is 0.500. The number of ether oxygens (including phenoxy) is 1. The summed E-state index contributed by atoms with van der Waals surface area (Å²) in [7, 11) is 0. The van der Waals surface area contributed by atoms with E-state index in [1.807, 2.05) is 0 Å². The Morgan fingerprint density at radius 1 is 0.882 bits per heavy atom. The molecule has 0 aromatic heterocycles. The van der Waals surface area contributed by atoms with Gasteiger partial charge in [0.2, 0.25) is 0 Å². The highest BCUT2D eigenvalue weighted by Gasteiger charge is 2.59. The van der Waals surface area contributed by atoms with Crippen LogP contribution in [0.2, 0.25) is 0 Å². The van der Waals surface area contributed by atoms with E-state index in [2.05, 4.69) is 11.7 Å². The monoisotopic (exact) mass is 498 g/mol. The normalized spacial score (nSPS) is 20.3. The summed E-state index contributed by atoms with van der Waals surface area (Å²) in [5, 5.41) is 0. The highest BCUT2D eigenvalue weighted by Crippen LogP contribution is 2.41. The lowest BCUT2D eigenvalue weighted by Crippen LogP contribution is -2.46. The van der Waals surface area contributed by atoms with E-state index in [9.17, 15) is 39.5 Å². The lowest BCUT2D eigenvalue weighted by atomic mass is 9.77. The smallest absolute Gasteiger partial charge is 0.424 e. The molecule has 2 aromatic carbocycles. The van der Waals surface area contributed by atoms with Gasteiger partial charge in [0, 0.05) is 5.56 Å². The average molecular weight is 498 g/mol. The highest BCUT2D eigenvalue weighted by atomic mass is 19.4. The van der Waals surface area contributed by atoms with Gasteiger partial charge in [-0.2, -0.15) is 22.0 Å². The van der Waals surface area contributed by atoms with Crippen molar-refractivity contribution in [3.63, 3.8) is 0 Å². The van der Waals surface area contributed by atoms with Crippen LogP contribution >= 0.6 is 0 Å². The van der Waals surface area contributed by atoms with Crippen molar-refractivity contribution in [1.82, 2.24) is 0 Å². The lowest BCUT2D eigenvalue weighted by Gasteiger charge is -2.28. The predicted molar refractivity (Wildman–Crippen MR) is 108 cm³/mol. The molecule has 1 unspecified atom stereocenters. The fourth-order valence-electron chi connectivity index (χ4n) is 4.40. The first-order valence-electron chi connectivity index (χ1n) is 10.9. The van der Waals surface area contributed by atoms with Crippen LogP contribution in [-0.2, 0) is 0 Å². The van der Waals surface area contributed by atoms with E-state index in [1.165, 1.54) is 12.1 Å². The van der Waals surface area contributed by atoms with Crippen LogP contribution in [0.3, 0.4) is 0 Å². The third-order valence-electron chi connectivity index (χ3n) is 6.14. The molecular weight excluding hydrogens is 475 g/mol. The zero-order valence-electron chi connectivity index (χ0n) is 18.2. The molecule has 0 saturated heterocycles. The van der Waals surface area contributed by atoms with Crippen molar-refractivity contribution in [2.75, 3.05) is 0 Å². The van der Waals surface area contributed by atoms with Gasteiger partial charge in [0.1, 0.15) is 5.82 Å². The van der Waals surface area contributed by atoms with E-state index in [1.54, 1.807) is 6.07 Å². The van der Waals surface area contributed by atoms with Crippen LogP contribution < -0.4 is 4.74 Å². The summed E-state index contributed by atoms with van der Waals surface area (Å²) in [5.41, 5.74) is 0.116. The molecule has 1 saturated carbocycles. The maximum atomic E-state index is 14.8. The quantitative estimate of drug-likeness (QED) is 0.347. The zero-order valence-corrected chi connectivity index (χ0v) is 18.2. The van der Waals surface area contributed by atoms with Crippen molar-refractivity contribution < 1.29 is 44.3 Å². The van der Waals surface area contributed by atoms with Crippen LogP contribution in [0.25, 0.3) is 11.1 Å². The first kappa shape index (κ1) is 26.2. The summed E-state index contributed by atoms with van der Waals surface area (Å²) < 4.78 is 123. The molecule has 0 radical (unpaired) electrons. The van der Waals surface area contributed by atoms with Crippen LogP contribution in [0.15, 0.2) is 30.3 Å². The number of benzene rings is 2. The second-order valence-electron chi connectivity index (χ2n) is 8.58. The van der Waals surface area contributed by atoms with Gasteiger partial charge in [0.15, 0.2) is 17.4 Å². The third-order valence-corrected chi connectivity index (χ3v) is 6.14. The number of alkyl halides is 6. The van der Waals surface area contributed by atoms with Gasteiger partial charge in [0.05, 0.1) is 0 Å². The molecule has 0 aliphatic heterocycles. The minimum Gasteiger partial charge on any atom is -0.424 e. The van der Waals surface area contributed by atoms with Crippen LogP contribution in [0, 0.1) is 23.4 Å². The molecule has 1 aliphatic rings. The van der Waals surface area contributed by atoms with E-state index >= 15 is 0 Å². The van der Waals surface area contributed by atoms with Gasteiger partial charge in [-0.3, -0.25) is 0 Å². The van der Waals surface area contributed by atoms with E-state index in [0.717, 1.165) is 44.1 Å². The first-order chi connectivity index (χ1) is 15.8. The Morgan fingerprint density at radius 3 is 1.97 bits per heavy atom. The van der Waals surface area contributed by atoms with Crippen molar-refractivity contribution in [2.45, 2.75) is 69.8 Å². The summed E-state index contributed by atoms with van der Waals surface area (Å²) in [4.78, 5) is 0. The topological polar surface area (TPSA) is 9.23 Å². The molecule has 0 amide bonds. The molecule has 1 aliphatic carbocycles. The van der Waals surface area contributed by atoms with E-state index in [-0.39, 0.29) is 17.0 Å². The van der Waals surface area contributed by atoms with Crippen molar-refractivity contribution >= 4 is 0 Å². The molecule has 0 bridgehead atoms. The number of rotatable bonds is 7. The molecule has 188 valence electrons. The maximum Gasteiger partial charge on any atom is 0.439 e. The zero-order chi connectivity index (χ0) is 25.3. The van der Waals surface area contributed by atoms with Crippen molar-refractivity contribution in [1.29, 1.82) is 0 Å². The fourth-order valence-corrected chi connectivity index (χ4v) is 4.40. The van der Waals surface area contributed by atoms with Crippen LogP contribution in [0.1, 0.15) is 56.9 Å². The van der Waals surface area contributed by atoms with Gasteiger partial charge in [0.25, 0.3) is 6.17 Å². The average Bonchev–Trinajstić information content (AvgIpc) is 2.75. The Morgan fingerprint density at radius 2 is 1.47 bits per heavy atom. The molecule has 1 fully saturated rings. The summed E-state index contributed by atoms with van der Waals surface area (Å²) in [6.45, 7) is 2.12. The van der Waals surface area contributed by atoms with E-state index in [4.69, 9.17) is 0 Å². The van der Waals surface area contributed by atoms with Gasteiger partial charge in [-0.25, -0.2) is 17.6 Å². The highest BCUT2D eigenvalue weighted by molar-refractivity contribution is 5.66. The van der Waals surface area contributed by atoms with Gasteiger partial charge >= 0.3 is 12.3 Å². The Kier molecular flexibility index (Phi) is 7.77. The number of hydrogen-bond acceptors (Lipinski definition) is 1. The summed E-state index contributed by atoms with van der Waals surface area (Å²) in [6, 6.07) is 5.04. The summed E-state index contributed by atoms with van der Waals surface area (Å²) >= 11 is 0. The Bertz CT molecular complexity index is 971. The molecule has 2 aromatic rings. The molecule has 1 nitrogen and oxygen atoms in total. The standard InChI is InChI=1S/C24H23F9O/c1-2-3-13-4-6-14(7-5-13)15-8-9-17(18(25)10-15)16-11-19(26)21(20(27)12-16)34-24(32,33)22(28)23(29,30)31/h8-14,22H,2-7H2,1H3. The van der Waals surface area contributed by atoms with Gasteiger partial charge < -0.3 is 4.74 Å². The van der Waals surface area contributed by atoms with Gasteiger partial charge in [-0.05, 0) is 66.8 Å². The lowest BCUT2D eigenvalue weighted by molar-refractivity contribution is -0.306. The Labute approximate surface area is 190 Å². The largest absolute Gasteiger partial charge is 0.439 e. The van der Waals surface area contributed by atoms with Crippen molar-refractivity contribution in [3.8, 4) is 16.9 Å². The van der Waals surface area contributed by atoms with Crippen LogP contribution in [-0.4, -0.2) is 18.5 Å². The third kappa shape index (κ3) is 5.81.